The monoisotopic (exact) mass is 285 g/mol. The van der Waals surface area contributed by atoms with Crippen molar-refractivity contribution in [3.8, 4) is 0 Å². The molecular formula is C14H24ClN3O. The number of carbonyl (C=O) groups is 1. The summed E-state index contributed by atoms with van der Waals surface area (Å²) in [5, 5.41) is 6.58. The zero-order valence-corrected chi connectivity index (χ0v) is 12.9. The van der Waals surface area contributed by atoms with Gasteiger partial charge >= 0.3 is 0 Å². The summed E-state index contributed by atoms with van der Waals surface area (Å²) in [5.41, 5.74) is 1.83. The van der Waals surface area contributed by atoms with Gasteiger partial charge in [0.1, 0.15) is 5.69 Å². The number of aryl methyl sites for hydroxylation is 1. The molecule has 0 spiro atoms. The van der Waals surface area contributed by atoms with Gasteiger partial charge in [-0.3, -0.25) is 4.79 Å². The second-order valence-electron chi connectivity index (χ2n) is 5.43. The van der Waals surface area contributed by atoms with E-state index in [0.717, 1.165) is 24.4 Å². The minimum absolute atomic E-state index is 0. The van der Waals surface area contributed by atoms with Crippen molar-refractivity contribution in [2.75, 3.05) is 6.54 Å². The standard InChI is InChI=1S/C14H23N3O.ClH/c1-9-7-8-15-11(3)13(9)16-14(18)12-6-5-10(2)17(12)4;/h5-6,9,11,13,15H,7-8H2,1-4H3,(H,16,18);1H. The second-order valence-corrected chi connectivity index (χ2v) is 5.43. The normalized spacial score (nSPS) is 26.6. The number of nitrogens with zero attached hydrogens (tertiary/aromatic N) is 1. The van der Waals surface area contributed by atoms with Crippen molar-refractivity contribution in [1.29, 1.82) is 0 Å². The van der Waals surface area contributed by atoms with E-state index >= 15 is 0 Å². The summed E-state index contributed by atoms with van der Waals surface area (Å²) >= 11 is 0. The van der Waals surface area contributed by atoms with Crippen LogP contribution in [0.1, 0.15) is 36.5 Å². The highest BCUT2D eigenvalue weighted by Crippen LogP contribution is 2.17. The molecule has 2 N–H and O–H groups in total. The van der Waals surface area contributed by atoms with Gasteiger partial charge in [-0.2, -0.15) is 0 Å². The topological polar surface area (TPSA) is 46.1 Å². The highest BCUT2D eigenvalue weighted by Gasteiger charge is 2.29. The van der Waals surface area contributed by atoms with E-state index in [0.29, 0.717) is 12.0 Å². The van der Waals surface area contributed by atoms with E-state index in [4.69, 9.17) is 0 Å². The van der Waals surface area contributed by atoms with Crippen LogP contribution in [0.4, 0.5) is 0 Å². The molecule has 1 saturated heterocycles. The van der Waals surface area contributed by atoms with E-state index in [2.05, 4.69) is 24.5 Å². The average molecular weight is 286 g/mol. The van der Waals surface area contributed by atoms with Crippen molar-refractivity contribution in [3.63, 3.8) is 0 Å². The zero-order chi connectivity index (χ0) is 13.3. The number of hydrogen-bond acceptors (Lipinski definition) is 2. The lowest BCUT2D eigenvalue weighted by Crippen LogP contribution is -2.56. The Labute approximate surface area is 121 Å². The minimum atomic E-state index is 0. The summed E-state index contributed by atoms with van der Waals surface area (Å²) in [4.78, 5) is 12.3. The molecule has 0 aromatic carbocycles. The van der Waals surface area contributed by atoms with Gasteiger partial charge in [-0.15, -0.1) is 12.4 Å². The fourth-order valence-corrected chi connectivity index (χ4v) is 2.67. The number of aromatic nitrogens is 1. The van der Waals surface area contributed by atoms with Gasteiger partial charge in [-0.25, -0.2) is 0 Å². The lowest BCUT2D eigenvalue weighted by Gasteiger charge is -2.36. The summed E-state index contributed by atoms with van der Waals surface area (Å²) in [7, 11) is 1.93. The van der Waals surface area contributed by atoms with Crippen molar-refractivity contribution >= 4 is 18.3 Å². The molecule has 5 heteroatoms. The molecule has 1 aliphatic heterocycles. The van der Waals surface area contributed by atoms with E-state index in [1.807, 2.05) is 30.7 Å². The third-order valence-electron chi connectivity index (χ3n) is 4.12. The molecule has 0 aliphatic carbocycles. The fraction of sp³-hybridized carbons (Fsp3) is 0.643. The van der Waals surface area contributed by atoms with Crippen LogP contribution in [0.15, 0.2) is 12.1 Å². The summed E-state index contributed by atoms with van der Waals surface area (Å²) in [5.74, 6) is 0.546. The fourth-order valence-electron chi connectivity index (χ4n) is 2.67. The first kappa shape index (κ1) is 16.1. The molecule has 2 rings (SSSR count). The van der Waals surface area contributed by atoms with Crippen LogP contribution in [0.3, 0.4) is 0 Å². The van der Waals surface area contributed by atoms with Gasteiger partial charge in [-0.05, 0) is 44.9 Å². The minimum Gasteiger partial charge on any atom is -0.346 e. The second kappa shape index (κ2) is 6.44. The molecule has 0 radical (unpaired) electrons. The predicted molar refractivity (Wildman–Crippen MR) is 79.9 cm³/mol. The smallest absolute Gasteiger partial charge is 0.268 e. The Kier molecular flexibility index (Phi) is 5.44. The quantitative estimate of drug-likeness (QED) is 0.871. The number of carbonyl (C=O) groups excluding carboxylic acids is 1. The van der Waals surface area contributed by atoms with Crippen LogP contribution in [-0.4, -0.2) is 29.1 Å². The molecule has 1 aromatic rings. The van der Waals surface area contributed by atoms with Gasteiger partial charge in [0.15, 0.2) is 0 Å². The van der Waals surface area contributed by atoms with E-state index in [1.165, 1.54) is 0 Å². The number of nitrogens with one attached hydrogen (secondary N) is 2. The van der Waals surface area contributed by atoms with Crippen LogP contribution in [0, 0.1) is 12.8 Å². The number of rotatable bonds is 2. The SMILES string of the molecule is Cc1ccc(C(=O)NC2C(C)CCNC2C)n1C.Cl. The molecule has 4 nitrogen and oxygen atoms in total. The van der Waals surface area contributed by atoms with Crippen LogP contribution < -0.4 is 10.6 Å². The highest BCUT2D eigenvalue weighted by molar-refractivity contribution is 5.93. The van der Waals surface area contributed by atoms with Crippen molar-refractivity contribution in [1.82, 2.24) is 15.2 Å². The molecular weight excluding hydrogens is 262 g/mol. The van der Waals surface area contributed by atoms with Gasteiger partial charge in [0.2, 0.25) is 0 Å². The lowest BCUT2D eigenvalue weighted by atomic mass is 9.89. The van der Waals surface area contributed by atoms with E-state index < -0.39 is 0 Å². The molecule has 0 saturated carbocycles. The molecule has 0 bridgehead atoms. The van der Waals surface area contributed by atoms with Crippen LogP contribution >= 0.6 is 12.4 Å². The number of piperidine rings is 1. The van der Waals surface area contributed by atoms with E-state index in [1.54, 1.807) is 0 Å². The first-order valence-corrected chi connectivity index (χ1v) is 6.67. The Morgan fingerprint density at radius 2 is 2.11 bits per heavy atom. The van der Waals surface area contributed by atoms with Gasteiger partial charge in [0.05, 0.1) is 0 Å². The van der Waals surface area contributed by atoms with Crippen LogP contribution in [0.2, 0.25) is 0 Å². The highest BCUT2D eigenvalue weighted by atomic mass is 35.5. The Morgan fingerprint density at radius 1 is 1.42 bits per heavy atom. The Morgan fingerprint density at radius 3 is 2.63 bits per heavy atom. The van der Waals surface area contributed by atoms with Crippen LogP contribution in [0.25, 0.3) is 0 Å². The molecule has 19 heavy (non-hydrogen) atoms. The molecule has 1 aliphatic rings. The van der Waals surface area contributed by atoms with E-state index in [9.17, 15) is 4.79 Å². The maximum absolute atomic E-state index is 12.3. The first-order chi connectivity index (χ1) is 8.50. The number of hydrogen-bond donors (Lipinski definition) is 2. The maximum Gasteiger partial charge on any atom is 0.268 e. The molecule has 3 atom stereocenters. The van der Waals surface area contributed by atoms with Crippen molar-refractivity contribution in [2.24, 2.45) is 13.0 Å². The third-order valence-corrected chi connectivity index (χ3v) is 4.12. The largest absolute Gasteiger partial charge is 0.346 e. The van der Waals surface area contributed by atoms with Gasteiger partial charge in [-0.1, -0.05) is 6.92 Å². The maximum atomic E-state index is 12.3. The number of halogens is 1. The van der Waals surface area contributed by atoms with Gasteiger partial charge in [0, 0.05) is 24.8 Å². The summed E-state index contributed by atoms with van der Waals surface area (Å²) < 4.78 is 1.93. The Balaban J connectivity index is 0.00000180. The first-order valence-electron chi connectivity index (χ1n) is 6.67. The third kappa shape index (κ3) is 3.31. The predicted octanol–water partition coefficient (Wildman–Crippen LogP) is 1.87. The van der Waals surface area contributed by atoms with Crippen molar-refractivity contribution in [2.45, 2.75) is 39.3 Å². The molecule has 1 fully saturated rings. The summed E-state index contributed by atoms with van der Waals surface area (Å²) in [6, 6.07) is 4.40. The van der Waals surface area contributed by atoms with Crippen molar-refractivity contribution < 1.29 is 4.79 Å². The van der Waals surface area contributed by atoms with Crippen LogP contribution in [-0.2, 0) is 7.05 Å². The summed E-state index contributed by atoms with van der Waals surface area (Å²) in [6.07, 6.45) is 1.11. The molecule has 1 aromatic heterocycles. The average Bonchev–Trinajstić information content (AvgIpc) is 2.65. The van der Waals surface area contributed by atoms with E-state index in [-0.39, 0.29) is 24.4 Å². The van der Waals surface area contributed by atoms with Crippen LogP contribution in [0.5, 0.6) is 0 Å². The Bertz CT molecular complexity index is 434. The molecule has 108 valence electrons. The molecule has 1 amide bonds. The van der Waals surface area contributed by atoms with Gasteiger partial charge in [0.25, 0.3) is 5.91 Å². The van der Waals surface area contributed by atoms with Crippen molar-refractivity contribution in [3.05, 3.63) is 23.5 Å². The zero-order valence-electron chi connectivity index (χ0n) is 12.1. The number of amides is 1. The summed E-state index contributed by atoms with van der Waals surface area (Å²) in [6.45, 7) is 7.39. The molecule has 2 heterocycles. The lowest BCUT2D eigenvalue weighted by molar-refractivity contribution is 0.0889. The Hall–Kier alpha value is -1.00. The molecule has 3 unspecified atom stereocenters. The van der Waals surface area contributed by atoms with Gasteiger partial charge < -0.3 is 15.2 Å².